The molecule has 0 aliphatic carbocycles. The zero-order valence-electron chi connectivity index (χ0n) is 12.7. The second-order valence-corrected chi connectivity index (χ2v) is 6.44. The van der Waals surface area contributed by atoms with Crippen LogP contribution >= 0.6 is 11.8 Å². The molecule has 21 heavy (non-hydrogen) atoms. The maximum Gasteiger partial charge on any atom is 0.167 e. The predicted molar refractivity (Wildman–Crippen MR) is 86.6 cm³/mol. The van der Waals surface area contributed by atoms with Crippen molar-refractivity contribution >= 4 is 17.4 Å². The van der Waals surface area contributed by atoms with Gasteiger partial charge in [0, 0.05) is 21.5 Å². The molecule has 2 N–H and O–H groups in total. The molecule has 4 heteroatoms. The Bertz CT molecular complexity index is 655. The number of hydrogen-bond donors (Lipinski definition) is 1. The molecular weight excluding hydrogens is 285 g/mol. The van der Waals surface area contributed by atoms with Crippen molar-refractivity contribution in [2.24, 2.45) is 0 Å². The molecule has 0 amide bonds. The van der Waals surface area contributed by atoms with Crippen molar-refractivity contribution in [3.63, 3.8) is 0 Å². The minimum absolute atomic E-state index is 0.0814. The van der Waals surface area contributed by atoms with Crippen LogP contribution in [0, 0.1) is 19.7 Å². The molecule has 0 spiro atoms. The molecule has 0 aliphatic heterocycles. The summed E-state index contributed by atoms with van der Waals surface area (Å²) in [6, 6.07) is 9.23. The Labute approximate surface area is 129 Å². The van der Waals surface area contributed by atoms with E-state index < -0.39 is 5.82 Å². The number of aryl methyl sites for hydroxylation is 2. The molecule has 2 aromatic carbocycles. The Balaban J connectivity index is 2.34. The molecule has 0 fully saturated rings. The first-order valence-corrected chi connectivity index (χ1v) is 7.69. The second kappa shape index (κ2) is 6.39. The number of halogens is 1. The largest absolute Gasteiger partial charge is 0.488 e. The molecule has 0 saturated heterocycles. The summed E-state index contributed by atoms with van der Waals surface area (Å²) in [5.41, 5.74) is 8.75. The Morgan fingerprint density at radius 2 is 1.81 bits per heavy atom. The fourth-order valence-corrected chi connectivity index (χ4v) is 2.95. The molecule has 112 valence electrons. The van der Waals surface area contributed by atoms with Crippen LogP contribution in [0.1, 0.15) is 25.0 Å². The van der Waals surface area contributed by atoms with Gasteiger partial charge in [-0.25, -0.2) is 4.39 Å². The van der Waals surface area contributed by atoms with Gasteiger partial charge in [-0.05, 0) is 45.4 Å². The third-order valence-corrected chi connectivity index (χ3v) is 4.23. The van der Waals surface area contributed by atoms with E-state index in [1.807, 2.05) is 13.8 Å². The summed E-state index contributed by atoms with van der Waals surface area (Å²) in [5.74, 6) is -0.183. The van der Waals surface area contributed by atoms with Gasteiger partial charge >= 0.3 is 0 Å². The fourth-order valence-electron chi connectivity index (χ4n) is 2.02. The Hall–Kier alpha value is -1.68. The number of nitrogens with two attached hydrogens (primary N) is 1. The van der Waals surface area contributed by atoms with E-state index in [0.717, 1.165) is 9.79 Å². The molecule has 2 rings (SSSR count). The van der Waals surface area contributed by atoms with Crippen molar-refractivity contribution in [3.8, 4) is 5.75 Å². The molecule has 0 aliphatic rings. The highest BCUT2D eigenvalue weighted by Gasteiger charge is 2.12. The highest BCUT2D eigenvalue weighted by atomic mass is 32.2. The molecule has 0 atom stereocenters. The minimum atomic E-state index is -0.425. The Morgan fingerprint density at radius 1 is 1.10 bits per heavy atom. The third-order valence-electron chi connectivity index (χ3n) is 2.98. The topological polar surface area (TPSA) is 35.2 Å². The predicted octanol–water partition coefficient (Wildman–Crippen LogP) is 4.96. The normalized spacial score (nSPS) is 11.0. The zero-order chi connectivity index (χ0) is 15.6. The van der Waals surface area contributed by atoms with Crippen LogP contribution in [-0.4, -0.2) is 6.10 Å². The van der Waals surface area contributed by atoms with E-state index in [4.69, 9.17) is 10.5 Å². The first-order valence-electron chi connectivity index (χ1n) is 6.87. The molecule has 0 unspecified atom stereocenters. The van der Waals surface area contributed by atoms with Crippen LogP contribution < -0.4 is 10.5 Å². The second-order valence-electron chi connectivity index (χ2n) is 5.36. The summed E-state index contributed by atoms with van der Waals surface area (Å²) in [4.78, 5) is 1.91. The molecule has 2 aromatic rings. The van der Waals surface area contributed by atoms with Gasteiger partial charge in [-0.15, -0.1) is 0 Å². The number of hydrogen-bond acceptors (Lipinski definition) is 3. The van der Waals surface area contributed by atoms with Crippen molar-refractivity contribution in [2.45, 2.75) is 43.6 Å². The average molecular weight is 305 g/mol. The van der Waals surface area contributed by atoms with Crippen molar-refractivity contribution in [1.29, 1.82) is 0 Å². The number of ether oxygens (including phenoxy) is 1. The SMILES string of the molecule is Cc1ccc(Sc2cc(OC(C)C)c(F)cc2N)c(C)c1. The van der Waals surface area contributed by atoms with Gasteiger partial charge in [0.2, 0.25) is 0 Å². The monoisotopic (exact) mass is 305 g/mol. The van der Waals surface area contributed by atoms with Crippen LogP contribution in [0.5, 0.6) is 5.75 Å². The number of rotatable bonds is 4. The first-order chi connectivity index (χ1) is 9.86. The van der Waals surface area contributed by atoms with Gasteiger partial charge < -0.3 is 10.5 Å². The third kappa shape index (κ3) is 3.91. The van der Waals surface area contributed by atoms with Gasteiger partial charge in [0.05, 0.1) is 6.10 Å². The highest BCUT2D eigenvalue weighted by molar-refractivity contribution is 7.99. The summed E-state index contributed by atoms with van der Waals surface area (Å²) < 4.78 is 19.3. The molecule has 0 bridgehead atoms. The van der Waals surface area contributed by atoms with E-state index in [1.54, 1.807) is 6.07 Å². The summed E-state index contributed by atoms with van der Waals surface area (Å²) in [7, 11) is 0. The smallest absolute Gasteiger partial charge is 0.167 e. The number of benzene rings is 2. The van der Waals surface area contributed by atoms with Crippen LogP contribution in [0.3, 0.4) is 0 Å². The quantitative estimate of drug-likeness (QED) is 0.811. The lowest BCUT2D eigenvalue weighted by molar-refractivity contribution is 0.230. The maximum absolute atomic E-state index is 13.8. The first kappa shape index (κ1) is 15.7. The Morgan fingerprint density at radius 3 is 2.43 bits per heavy atom. The van der Waals surface area contributed by atoms with Crippen LogP contribution in [0.4, 0.5) is 10.1 Å². The highest BCUT2D eigenvalue weighted by Crippen LogP contribution is 2.37. The molecule has 0 saturated carbocycles. The number of nitrogen functional groups attached to an aromatic ring is 1. The van der Waals surface area contributed by atoms with Crippen LogP contribution in [0.25, 0.3) is 0 Å². The summed E-state index contributed by atoms with van der Waals surface area (Å²) in [6.07, 6.45) is -0.0814. The average Bonchev–Trinajstić information content (AvgIpc) is 2.37. The molecule has 2 nitrogen and oxygen atoms in total. The standard InChI is InChI=1S/C17H20FNOS/c1-10(2)20-15-9-17(14(19)8-13(15)18)21-16-6-5-11(3)7-12(16)4/h5-10H,19H2,1-4H3. The summed E-state index contributed by atoms with van der Waals surface area (Å²) in [6.45, 7) is 7.85. The van der Waals surface area contributed by atoms with Gasteiger partial charge in [-0.1, -0.05) is 29.5 Å². The minimum Gasteiger partial charge on any atom is -0.488 e. The van der Waals surface area contributed by atoms with Crippen molar-refractivity contribution in [1.82, 2.24) is 0 Å². The Kier molecular flexibility index (Phi) is 4.78. The van der Waals surface area contributed by atoms with E-state index in [-0.39, 0.29) is 11.9 Å². The van der Waals surface area contributed by atoms with Gasteiger partial charge in [0.15, 0.2) is 11.6 Å². The fraction of sp³-hybridized carbons (Fsp3) is 0.294. The van der Waals surface area contributed by atoms with E-state index >= 15 is 0 Å². The van der Waals surface area contributed by atoms with Crippen LogP contribution in [0.15, 0.2) is 40.1 Å². The number of anilines is 1. The molecule has 0 radical (unpaired) electrons. The summed E-state index contributed by atoms with van der Waals surface area (Å²) in [5, 5.41) is 0. The van der Waals surface area contributed by atoms with E-state index in [1.165, 1.54) is 29.0 Å². The van der Waals surface area contributed by atoms with Gasteiger partial charge in [0.1, 0.15) is 0 Å². The van der Waals surface area contributed by atoms with Crippen LogP contribution in [0.2, 0.25) is 0 Å². The lowest BCUT2D eigenvalue weighted by Crippen LogP contribution is -2.07. The molecule has 0 aromatic heterocycles. The van der Waals surface area contributed by atoms with Crippen molar-refractivity contribution in [2.75, 3.05) is 5.73 Å². The van der Waals surface area contributed by atoms with Crippen LogP contribution in [-0.2, 0) is 0 Å². The molecular formula is C17H20FNOS. The lowest BCUT2D eigenvalue weighted by atomic mass is 10.2. The van der Waals surface area contributed by atoms with Gasteiger partial charge in [0.25, 0.3) is 0 Å². The van der Waals surface area contributed by atoms with E-state index in [2.05, 4.69) is 32.0 Å². The van der Waals surface area contributed by atoms with Gasteiger partial charge in [-0.2, -0.15) is 0 Å². The lowest BCUT2D eigenvalue weighted by Gasteiger charge is -2.14. The van der Waals surface area contributed by atoms with Gasteiger partial charge in [-0.3, -0.25) is 0 Å². The zero-order valence-corrected chi connectivity index (χ0v) is 13.6. The summed E-state index contributed by atoms with van der Waals surface area (Å²) >= 11 is 1.53. The maximum atomic E-state index is 13.8. The van der Waals surface area contributed by atoms with Crippen molar-refractivity contribution in [3.05, 3.63) is 47.3 Å². The molecule has 0 heterocycles. The van der Waals surface area contributed by atoms with E-state index in [9.17, 15) is 4.39 Å². The van der Waals surface area contributed by atoms with E-state index in [0.29, 0.717) is 5.69 Å². The van der Waals surface area contributed by atoms with Crippen molar-refractivity contribution < 1.29 is 9.13 Å².